The van der Waals surface area contributed by atoms with Gasteiger partial charge in [-0.1, -0.05) is 50.3 Å². The molecule has 0 aliphatic carbocycles. The van der Waals surface area contributed by atoms with Crippen molar-refractivity contribution in [3.63, 3.8) is 0 Å². The van der Waals surface area contributed by atoms with Crippen molar-refractivity contribution in [2.24, 2.45) is 5.92 Å². The summed E-state index contributed by atoms with van der Waals surface area (Å²) >= 11 is 0. The SMILES string of the molecule is CCCN1C=CC(C)C(C(=O)N(C)[C@H](C)c2ccccc2)=C1C. The van der Waals surface area contributed by atoms with Crippen LogP contribution in [0.15, 0.2) is 53.9 Å². The van der Waals surface area contributed by atoms with Crippen LogP contribution in [-0.2, 0) is 4.79 Å². The van der Waals surface area contributed by atoms with Crippen molar-refractivity contribution in [1.82, 2.24) is 9.80 Å². The van der Waals surface area contributed by atoms with Crippen LogP contribution < -0.4 is 0 Å². The van der Waals surface area contributed by atoms with Crippen LogP contribution in [0.25, 0.3) is 0 Å². The van der Waals surface area contributed by atoms with Crippen molar-refractivity contribution in [1.29, 1.82) is 0 Å². The van der Waals surface area contributed by atoms with Gasteiger partial charge in [-0.25, -0.2) is 0 Å². The summed E-state index contributed by atoms with van der Waals surface area (Å²) in [5, 5.41) is 0. The Kier molecular flexibility index (Phi) is 5.64. The number of rotatable bonds is 5. The Morgan fingerprint density at radius 3 is 2.57 bits per heavy atom. The lowest BCUT2D eigenvalue weighted by molar-refractivity contribution is -0.128. The molecule has 0 N–H and O–H groups in total. The van der Waals surface area contributed by atoms with Gasteiger partial charge in [0.25, 0.3) is 5.91 Å². The van der Waals surface area contributed by atoms with Crippen molar-refractivity contribution in [3.8, 4) is 0 Å². The Morgan fingerprint density at radius 2 is 1.96 bits per heavy atom. The highest BCUT2D eigenvalue weighted by atomic mass is 16.2. The first-order valence-electron chi connectivity index (χ1n) is 8.45. The fraction of sp³-hybridized carbons (Fsp3) is 0.450. The number of hydrogen-bond donors (Lipinski definition) is 0. The fourth-order valence-corrected chi connectivity index (χ4v) is 3.08. The lowest BCUT2D eigenvalue weighted by Crippen LogP contribution is -2.36. The highest BCUT2D eigenvalue weighted by Crippen LogP contribution is 2.29. The predicted octanol–water partition coefficient (Wildman–Crippen LogP) is 4.36. The topological polar surface area (TPSA) is 23.6 Å². The van der Waals surface area contributed by atoms with E-state index in [0.29, 0.717) is 0 Å². The standard InChI is InChI=1S/C20H28N2O/c1-6-13-22-14-12-15(2)19(17(22)4)20(23)21(5)16(3)18-10-8-7-9-11-18/h7-12,14-16H,6,13H2,1-5H3/t15?,16-/m1/s1. The van der Waals surface area contributed by atoms with E-state index in [1.54, 1.807) is 0 Å². The van der Waals surface area contributed by atoms with E-state index in [0.717, 1.165) is 29.8 Å². The molecule has 1 aromatic rings. The van der Waals surface area contributed by atoms with Gasteiger partial charge in [-0.15, -0.1) is 0 Å². The van der Waals surface area contributed by atoms with E-state index in [4.69, 9.17) is 0 Å². The zero-order chi connectivity index (χ0) is 17.0. The number of carbonyl (C=O) groups excluding carboxylic acids is 1. The van der Waals surface area contributed by atoms with Crippen LogP contribution in [0.5, 0.6) is 0 Å². The molecule has 0 radical (unpaired) electrons. The summed E-state index contributed by atoms with van der Waals surface area (Å²) in [5.74, 6) is 0.276. The van der Waals surface area contributed by atoms with Crippen LogP contribution in [0.1, 0.15) is 45.7 Å². The van der Waals surface area contributed by atoms with Crippen molar-refractivity contribution >= 4 is 5.91 Å². The van der Waals surface area contributed by atoms with Crippen LogP contribution in [0.2, 0.25) is 0 Å². The van der Waals surface area contributed by atoms with E-state index in [1.807, 2.05) is 30.1 Å². The zero-order valence-electron chi connectivity index (χ0n) is 14.9. The molecular formula is C20H28N2O. The molecular weight excluding hydrogens is 284 g/mol. The Morgan fingerprint density at radius 1 is 1.30 bits per heavy atom. The molecule has 0 saturated carbocycles. The number of benzene rings is 1. The number of likely N-dealkylation sites (N-methyl/N-ethyl adjacent to an activating group) is 1. The second kappa shape index (κ2) is 7.49. The first kappa shape index (κ1) is 17.3. The average Bonchev–Trinajstić information content (AvgIpc) is 2.57. The summed E-state index contributed by atoms with van der Waals surface area (Å²) < 4.78 is 0. The smallest absolute Gasteiger partial charge is 0.252 e. The first-order chi connectivity index (χ1) is 11.0. The molecule has 2 atom stereocenters. The summed E-state index contributed by atoms with van der Waals surface area (Å²) in [7, 11) is 1.90. The molecule has 0 aromatic heterocycles. The van der Waals surface area contributed by atoms with Crippen molar-refractivity contribution < 1.29 is 4.79 Å². The highest BCUT2D eigenvalue weighted by Gasteiger charge is 2.28. The third-order valence-electron chi connectivity index (χ3n) is 4.71. The van der Waals surface area contributed by atoms with Crippen molar-refractivity contribution in [3.05, 3.63) is 59.4 Å². The van der Waals surface area contributed by atoms with Gasteiger partial charge in [0.15, 0.2) is 0 Å². The molecule has 23 heavy (non-hydrogen) atoms. The summed E-state index contributed by atoms with van der Waals surface area (Å²) in [6, 6.07) is 10.2. The number of nitrogens with zero attached hydrogens (tertiary/aromatic N) is 2. The molecule has 1 heterocycles. The van der Waals surface area contributed by atoms with E-state index < -0.39 is 0 Å². The molecule has 0 saturated heterocycles. The van der Waals surface area contributed by atoms with E-state index in [-0.39, 0.29) is 17.9 Å². The molecule has 0 bridgehead atoms. The largest absolute Gasteiger partial charge is 0.352 e. The normalized spacial score (nSPS) is 19.0. The predicted molar refractivity (Wildman–Crippen MR) is 95.6 cm³/mol. The van der Waals surface area contributed by atoms with Gasteiger partial charge >= 0.3 is 0 Å². The molecule has 0 fully saturated rings. The molecule has 2 rings (SSSR count). The van der Waals surface area contributed by atoms with Crippen molar-refractivity contribution in [2.75, 3.05) is 13.6 Å². The minimum atomic E-state index is 0.0572. The highest BCUT2D eigenvalue weighted by molar-refractivity contribution is 5.95. The number of allylic oxidation sites excluding steroid dienone is 2. The summed E-state index contributed by atoms with van der Waals surface area (Å²) in [6.07, 6.45) is 5.30. The third kappa shape index (κ3) is 3.66. The Labute approximate surface area is 140 Å². The second-order valence-corrected chi connectivity index (χ2v) is 6.33. The van der Waals surface area contributed by atoms with Gasteiger partial charge in [0.1, 0.15) is 0 Å². The number of amides is 1. The first-order valence-corrected chi connectivity index (χ1v) is 8.45. The molecule has 3 nitrogen and oxygen atoms in total. The van der Waals surface area contributed by atoms with Gasteiger partial charge in [0.05, 0.1) is 6.04 Å². The third-order valence-corrected chi connectivity index (χ3v) is 4.71. The average molecular weight is 312 g/mol. The van der Waals surface area contributed by atoms with Gasteiger partial charge in [-0.3, -0.25) is 4.79 Å². The van der Waals surface area contributed by atoms with Crippen LogP contribution in [0.3, 0.4) is 0 Å². The van der Waals surface area contributed by atoms with Gasteiger partial charge < -0.3 is 9.80 Å². The minimum Gasteiger partial charge on any atom is -0.352 e. The van der Waals surface area contributed by atoms with Crippen LogP contribution in [0.4, 0.5) is 0 Å². The Hall–Kier alpha value is -2.03. The van der Waals surface area contributed by atoms with E-state index >= 15 is 0 Å². The quantitative estimate of drug-likeness (QED) is 0.806. The lowest BCUT2D eigenvalue weighted by Gasteiger charge is -2.33. The number of hydrogen-bond acceptors (Lipinski definition) is 2. The summed E-state index contributed by atoms with van der Waals surface area (Å²) in [4.78, 5) is 17.1. The van der Waals surface area contributed by atoms with Gasteiger partial charge in [-0.05, 0) is 25.8 Å². The summed E-state index contributed by atoms with van der Waals surface area (Å²) in [6.45, 7) is 9.34. The molecule has 1 aromatic carbocycles. The monoisotopic (exact) mass is 312 g/mol. The molecule has 1 aliphatic rings. The van der Waals surface area contributed by atoms with Gasteiger partial charge in [-0.2, -0.15) is 0 Å². The van der Waals surface area contributed by atoms with Crippen LogP contribution >= 0.6 is 0 Å². The molecule has 0 spiro atoms. The second-order valence-electron chi connectivity index (χ2n) is 6.33. The van der Waals surface area contributed by atoms with Gasteiger partial charge in [0.2, 0.25) is 0 Å². The maximum absolute atomic E-state index is 13.1. The van der Waals surface area contributed by atoms with E-state index in [2.05, 4.69) is 57.0 Å². The minimum absolute atomic E-state index is 0.0572. The fourth-order valence-electron chi connectivity index (χ4n) is 3.08. The molecule has 124 valence electrons. The zero-order valence-corrected chi connectivity index (χ0v) is 14.9. The molecule has 1 unspecified atom stereocenters. The Bertz CT molecular complexity index is 603. The van der Waals surface area contributed by atoms with Gasteiger partial charge in [0, 0.05) is 37.0 Å². The number of carbonyl (C=O) groups is 1. The Balaban J connectivity index is 2.25. The maximum Gasteiger partial charge on any atom is 0.252 e. The van der Waals surface area contributed by atoms with E-state index in [9.17, 15) is 4.79 Å². The lowest BCUT2D eigenvalue weighted by atomic mass is 9.93. The summed E-state index contributed by atoms with van der Waals surface area (Å²) in [5.41, 5.74) is 3.15. The van der Waals surface area contributed by atoms with Crippen LogP contribution in [-0.4, -0.2) is 29.3 Å². The van der Waals surface area contributed by atoms with E-state index in [1.165, 1.54) is 0 Å². The maximum atomic E-state index is 13.1. The molecule has 1 amide bonds. The molecule has 1 aliphatic heterocycles. The molecule has 3 heteroatoms. The van der Waals surface area contributed by atoms with Crippen LogP contribution in [0, 0.1) is 5.92 Å². The van der Waals surface area contributed by atoms with Crippen molar-refractivity contribution in [2.45, 2.75) is 40.2 Å².